The fourth-order valence-electron chi connectivity index (χ4n) is 2.74. The zero-order valence-electron chi connectivity index (χ0n) is 15.2. The van der Waals surface area contributed by atoms with Crippen molar-refractivity contribution in [2.45, 2.75) is 10.6 Å². The summed E-state index contributed by atoms with van der Waals surface area (Å²) in [5.41, 5.74) is 0.985. The Morgan fingerprint density at radius 1 is 0.897 bits per heavy atom. The number of phenolic OH excluding ortho intramolecular Hbond substituents is 3. The van der Waals surface area contributed by atoms with Gasteiger partial charge in [0, 0.05) is 11.1 Å². The van der Waals surface area contributed by atoms with Crippen LogP contribution in [0.3, 0.4) is 0 Å². The Hall–Kier alpha value is -3.58. The van der Waals surface area contributed by atoms with E-state index in [4.69, 9.17) is 0 Å². The van der Waals surface area contributed by atoms with Crippen molar-refractivity contribution in [2.24, 2.45) is 0 Å². The molecule has 3 aromatic carbocycles. The molecule has 3 aromatic rings. The van der Waals surface area contributed by atoms with Crippen LogP contribution in [0.1, 0.15) is 21.5 Å². The standard InChI is InChI=1S/C22H18O6S/c23-18-7-3-8-19(13-18)29(27,28)14-15-4-1-6-17(12-15)20(24)11-10-16-5-2-9-21(25)22(16)26/h1-13,23,25-26H,14H2/b11-10+. The molecular weight excluding hydrogens is 392 g/mol. The van der Waals surface area contributed by atoms with E-state index in [9.17, 15) is 28.5 Å². The van der Waals surface area contributed by atoms with Crippen LogP contribution in [0.2, 0.25) is 0 Å². The van der Waals surface area contributed by atoms with Crippen LogP contribution in [0.4, 0.5) is 0 Å². The van der Waals surface area contributed by atoms with Crippen LogP contribution < -0.4 is 0 Å². The Morgan fingerprint density at radius 2 is 1.62 bits per heavy atom. The third-order valence-electron chi connectivity index (χ3n) is 4.21. The molecule has 0 saturated carbocycles. The lowest BCUT2D eigenvalue weighted by atomic mass is 10.1. The first kappa shape index (κ1) is 20.2. The van der Waals surface area contributed by atoms with E-state index in [0.29, 0.717) is 5.56 Å². The molecule has 3 rings (SSSR count). The van der Waals surface area contributed by atoms with E-state index in [2.05, 4.69) is 0 Å². The summed E-state index contributed by atoms with van der Waals surface area (Å²) in [6, 6.07) is 16.0. The van der Waals surface area contributed by atoms with Crippen LogP contribution in [0.25, 0.3) is 6.08 Å². The summed E-state index contributed by atoms with van der Waals surface area (Å²) < 4.78 is 25.1. The molecule has 0 amide bonds. The number of ketones is 1. The minimum atomic E-state index is -3.69. The number of hydrogen-bond acceptors (Lipinski definition) is 6. The topological polar surface area (TPSA) is 112 Å². The normalized spacial score (nSPS) is 11.6. The van der Waals surface area contributed by atoms with Crippen molar-refractivity contribution in [3.8, 4) is 17.2 Å². The minimum Gasteiger partial charge on any atom is -0.508 e. The average molecular weight is 410 g/mol. The zero-order valence-corrected chi connectivity index (χ0v) is 16.0. The minimum absolute atomic E-state index is 0.00603. The summed E-state index contributed by atoms with van der Waals surface area (Å²) in [4.78, 5) is 12.4. The lowest BCUT2D eigenvalue weighted by Crippen LogP contribution is -2.06. The lowest BCUT2D eigenvalue weighted by molar-refractivity contribution is 0.104. The molecule has 7 heteroatoms. The monoisotopic (exact) mass is 410 g/mol. The first-order valence-electron chi connectivity index (χ1n) is 8.60. The summed E-state index contributed by atoms with van der Waals surface area (Å²) in [6.07, 6.45) is 2.60. The Morgan fingerprint density at radius 3 is 2.38 bits per heavy atom. The molecule has 0 aliphatic carbocycles. The van der Waals surface area contributed by atoms with Crippen LogP contribution >= 0.6 is 0 Å². The summed E-state index contributed by atoms with van der Waals surface area (Å²) in [5.74, 6) is -1.48. The fraction of sp³-hybridized carbons (Fsp3) is 0.0455. The van der Waals surface area contributed by atoms with Gasteiger partial charge in [-0.15, -0.1) is 0 Å². The van der Waals surface area contributed by atoms with Crippen LogP contribution in [-0.2, 0) is 15.6 Å². The van der Waals surface area contributed by atoms with Gasteiger partial charge in [-0.25, -0.2) is 8.42 Å². The molecule has 0 aliphatic heterocycles. The van der Waals surface area contributed by atoms with Crippen molar-refractivity contribution in [1.29, 1.82) is 0 Å². The van der Waals surface area contributed by atoms with Crippen molar-refractivity contribution < 1.29 is 28.5 Å². The maximum atomic E-state index is 12.6. The van der Waals surface area contributed by atoms with Gasteiger partial charge in [0.05, 0.1) is 10.6 Å². The zero-order chi connectivity index (χ0) is 21.0. The largest absolute Gasteiger partial charge is 0.508 e. The third kappa shape index (κ3) is 4.83. The van der Waals surface area contributed by atoms with E-state index < -0.39 is 9.84 Å². The first-order valence-corrected chi connectivity index (χ1v) is 10.3. The van der Waals surface area contributed by atoms with Gasteiger partial charge in [0.15, 0.2) is 27.1 Å². The van der Waals surface area contributed by atoms with E-state index >= 15 is 0 Å². The molecule has 148 valence electrons. The third-order valence-corrected chi connectivity index (χ3v) is 5.89. The summed E-state index contributed by atoms with van der Waals surface area (Å²) >= 11 is 0. The van der Waals surface area contributed by atoms with Crippen LogP contribution in [0, 0.1) is 0 Å². The van der Waals surface area contributed by atoms with Gasteiger partial charge in [0.1, 0.15) is 5.75 Å². The van der Waals surface area contributed by atoms with Gasteiger partial charge in [-0.1, -0.05) is 36.4 Å². The van der Waals surface area contributed by atoms with E-state index in [1.54, 1.807) is 18.2 Å². The van der Waals surface area contributed by atoms with Gasteiger partial charge in [-0.05, 0) is 48.0 Å². The number of benzene rings is 3. The van der Waals surface area contributed by atoms with Crippen LogP contribution in [0.5, 0.6) is 17.2 Å². The second-order valence-electron chi connectivity index (χ2n) is 6.37. The number of allylic oxidation sites excluding steroid dienone is 1. The van der Waals surface area contributed by atoms with E-state index in [-0.39, 0.29) is 44.8 Å². The Kier molecular flexibility index (Phi) is 5.70. The molecular formula is C22H18O6S. The van der Waals surface area contributed by atoms with Crippen molar-refractivity contribution in [1.82, 2.24) is 0 Å². The van der Waals surface area contributed by atoms with Gasteiger partial charge >= 0.3 is 0 Å². The highest BCUT2D eigenvalue weighted by molar-refractivity contribution is 7.90. The second-order valence-corrected chi connectivity index (χ2v) is 8.36. The predicted octanol–water partition coefficient (Wildman–Crippen LogP) is 3.67. The highest BCUT2D eigenvalue weighted by atomic mass is 32.2. The maximum absolute atomic E-state index is 12.6. The quantitative estimate of drug-likeness (QED) is 0.325. The SMILES string of the molecule is O=C(/C=C/c1cccc(O)c1O)c1cccc(CS(=O)(=O)c2cccc(O)c2)c1. The molecule has 0 radical (unpaired) electrons. The summed E-state index contributed by atoms with van der Waals surface area (Å²) in [6.45, 7) is 0. The number of aromatic hydroxyl groups is 3. The molecule has 0 aliphatic rings. The highest BCUT2D eigenvalue weighted by Gasteiger charge is 2.16. The maximum Gasteiger partial charge on any atom is 0.185 e. The molecule has 0 heterocycles. The molecule has 0 bridgehead atoms. The number of hydrogen-bond donors (Lipinski definition) is 3. The Labute approximate surface area is 167 Å². The fourth-order valence-corrected chi connectivity index (χ4v) is 4.11. The second kappa shape index (κ2) is 8.20. The summed E-state index contributed by atoms with van der Waals surface area (Å²) in [5, 5.41) is 28.8. The number of rotatable bonds is 6. The molecule has 29 heavy (non-hydrogen) atoms. The molecule has 0 spiro atoms. The molecule has 0 saturated heterocycles. The Balaban J connectivity index is 1.81. The van der Waals surface area contributed by atoms with Crippen molar-refractivity contribution in [2.75, 3.05) is 0 Å². The van der Waals surface area contributed by atoms with Crippen molar-refractivity contribution in [3.63, 3.8) is 0 Å². The highest BCUT2D eigenvalue weighted by Crippen LogP contribution is 2.29. The van der Waals surface area contributed by atoms with E-state index in [1.807, 2.05) is 0 Å². The van der Waals surface area contributed by atoms with Gasteiger partial charge in [-0.2, -0.15) is 0 Å². The lowest BCUT2D eigenvalue weighted by Gasteiger charge is -2.06. The number of para-hydroxylation sites is 1. The van der Waals surface area contributed by atoms with Gasteiger partial charge in [-0.3, -0.25) is 4.79 Å². The number of sulfone groups is 1. The molecule has 0 unspecified atom stereocenters. The van der Waals surface area contributed by atoms with Crippen LogP contribution in [-0.4, -0.2) is 29.5 Å². The van der Waals surface area contributed by atoms with Crippen LogP contribution in [0.15, 0.2) is 77.7 Å². The molecule has 0 fully saturated rings. The van der Waals surface area contributed by atoms with E-state index in [1.165, 1.54) is 60.7 Å². The molecule has 0 atom stereocenters. The van der Waals surface area contributed by atoms with Crippen molar-refractivity contribution >= 4 is 21.7 Å². The van der Waals surface area contributed by atoms with Gasteiger partial charge in [0.2, 0.25) is 0 Å². The number of carbonyl (C=O) groups is 1. The number of carbonyl (C=O) groups excluding carboxylic acids is 1. The van der Waals surface area contributed by atoms with Gasteiger partial charge < -0.3 is 15.3 Å². The average Bonchev–Trinajstić information content (AvgIpc) is 2.69. The van der Waals surface area contributed by atoms with Crippen molar-refractivity contribution in [3.05, 3.63) is 89.5 Å². The molecule has 0 aromatic heterocycles. The summed E-state index contributed by atoms with van der Waals surface area (Å²) in [7, 11) is -3.69. The predicted molar refractivity (Wildman–Crippen MR) is 109 cm³/mol. The first-order chi connectivity index (χ1) is 13.8. The van der Waals surface area contributed by atoms with E-state index in [0.717, 1.165) is 0 Å². The molecule has 3 N–H and O–H groups in total. The Bertz CT molecular complexity index is 1200. The molecule has 6 nitrogen and oxygen atoms in total. The van der Waals surface area contributed by atoms with Gasteiger partial charge in [0.25, 0.3) is 0 Å². The smallest absolute Gasteiger partial charge is 0.185 e. The number of phenols is 3.